The number of halogens is 2. The number of piperidine rings is 1. The zero-order valence-corrected chi connectivity index (χ0v) is 13.9. The fourth-order valence-corrected chi connectivity index (χ4v) is 3.66. The van der Waals surface area contributed by atoms with Crippen molar-refractivity contribution in [2.24, 2.45) is 0 Å². The summed E-state index contributed by atoms with van der Waals surface area (Å²) in [5.41, 5.74) is 1.62. The van der Waals surface area contributed by atoms with E-state index < -0.39 is 12.0 Å². The van der Waals surface area contributed by atoms with E-state index in [2.05, 4.69) is 0 Å². The molecule has 1 N–H and O–H groups in total. The number of likely N-dealkylation sites (tertiary alicyclic amines) is 1. The van der Waals surface area contributed by atoms with Gasteiger partial charge < -0.3 is 5.11 Å². The Bertz CT molecular complexity index is 691. The third kappa shape index (κ3) is 3.60. The third-order valence-electron chi connectivity index (χ3n) is 4.49. The van der Waals surface area contributed by atoms with Gasteiger partial charge in [0.1, 0.15) is 11.9 Å². The summed E-state index contributed by atoms with van der Waals surface area (Å²) in [5.74, 6) is -1.17. The number of nitrogens with zero attached hydrogens (tertiary/aromatic N) is 1. The van der Waals surface area contributed by atoms with Gasteiger partial charge in [0.05, 0.1) is 6.04 Å². The Hall–Kier alpha value is -1.91. The van der Waals surface area contributed by atoms with Crippen LogP contribution in [0.15, 0.2) is 48.5 Å². The predicted octanol–water partition coefficient (Wildman–Crippen LogP) is 4.51. The predicted molar refractivity (Wildman–Crippen MR) is 91.7 cm³/mol. The van der Waals surface area contributed by atoms with Gasteiger partial charge in [-0.15, -0.1) is 0 Å². The molecule has 0 saturated carbocycles. The molecular formula is C19H19ClFNO2. The van der Waals surface area contributed by atoms with Crippen molar-refractivity contribution >= 4 is 17.6 Å². The van der Waals surface area contributed by atoms with E-state index in [0.29, 0.717) is 18.0 Å². The monoisotopic (exact) mass is 347 g/mol. The maximum absolute atomic E-state index is 13.8. The molecular weight excluding hydrogens is 329 g/mol. The lowest BCUT2D eigenvalue weighted by molar-refractivity contribution is -0.145. The normalized spacial score (nSPS) is 19.8. The zero-order chi connectivity index (χ0) is 17.1. The van der Waals surface area contributed by atoms with Gasteiger partial charge in [-0.1, -0.05) is 42.3 Å². The summed E-state index contributed by atoms with van der Waals surface area (Å²) in [6.45, 7) is 0.657. The second kappa shape index (κ2) is 7.32. The van der Waals surface area contributed by atoms with Gasteiger partial charge in [-0.2, -0.15) is 0 Å². The van der Waals surface area contributed by atoms with Crippen LogP contribution in [0.1, 0.15) is 36.4 Å². The lowest BCUT2D eigenvalue weighted by atomic mass is 9.91. The summed E-state index contributed by atoms with van der Waals surface area (Å²) in [7, 11) is 0. The maximum atomic E-state index is 13.8. The van der Waals surface area contributed by atoms with Gasteiger partial charge in [-0.3, -0.25) is 9.69 Å². The topological polar surface area (TPSA) is 40.5 Å². The number of hydrogen-bond donors (Lipinski definition) is 1. The van der Waals surface area contributed by atoms with Gasteiger partial charge in [-0.05, 0) is 54.8 Å². The van der Waals surface area contributed by atoms with Crippen molar-refractivity contribution in [3.8, 4) is 0 Å². The van der Waals surface area contributed by atoms with Gasteiger partial charge >= 0.3 is 5.97 Å². The number of hydrogen-bond acceptors (Lipinski definition) is 2. The molecule has 2 unspecified atom stereocenters. The van der Waals surface area contributed by atoms with Crippen LogP contribution in [-0.4, -0.2) is 28.6 Å². The highest BCUT2D eigenvalue weighted by Crippen LogP contribution is 2.35. The SMILES string of the molecule is O=C(O)C1CCCCN1C(c1cccc(F)c1)c1cccc(Cl)c1. The Morgan fingerprint density at radius 1 is 1.17 bits per heavy atom. The van der Waals surface area contributed by atoms with Crippen LogP contribution in [0, 0.1) is 5.82 Å². The first-order chi connectivity index (χ1) is 11.6. The van der Waals surface area contributed by atoms with Crippen LogP contribution in [-0.2, 0) is 4.79 Å². The summed E-state index contributed by atoms with van der Waals surface area (Å²) >= 11 is 6.14. The van der Waals surface area contributed by atoms with Gasteiger partial charge in [0.2, 0.25) is 0 Å². The molecule has 2 atom stereocenters. The minimum absolute atomic E-state index is 0.330. The van der Waals surface area contributed by atoms with Crippen molar-refractivity contribution in [3.05, 3.63) is 70.5 Å². The molecule has 0 aromatic heterocycles. The molecule has 0 amide bonds. The molecule has 24 heavy (non-hydrogen) atoms. The molecule has 2 aromatic rings. The van der Waals surface area contributed by atoms with Gasteiger partial charge in [0, 0.05) is 5.02 Å². The van der Waals surface area contributed by atoms with Crippen molar-refractivity contribution in [1.82, 2.24) is 4.90 Å². The Morgan fingerprint density at radius 3 is 2.54 bits per heavy atom. The molecule has 3 rings (SSSR count). The Balaban J connectivity index is 2.09. The maximum Gasteiger partial charge on any atom is 0.320 e. The summed E-state index contributed by atoms with van der Waals surface area (Å²) in [6.07, 6.45) is 2.41. The van der Waals surface area contributed by atoms with Crippen molar-refractivity contribution in [2.45, 2.75) is 31.3 Å². The highest BCUT2D eigenvalue weighted by atomic mass is 35.5. The quantitative estimate of drug-likeness (QED) is 0.884. The van der Waals surface area contributed by atoms with Crippen LogP contribution in [0.5, 0.6) is 0 Å². The van der Waals surface area contributed by atoms with E-state index in [0.717, 1.165) is 24.0 Å². The number of carboxylic acids is 1. The van der Waals surface area contributed by atoms with Gasteiger partial charge in [0.25, 0.3) is 0 Å². The molecule has 1 saturated heterocycles. The fraction of sp³-hybridized carbons (Fsp3) is 0.316. The smallest absolute Gasteiger partial charge is 0.320 e. The Kier molecular flexibility index (Phi) is 5.17. The van der Waals surface area contributed by atoms with E-state index in [9.17, 15) is 14.3 Å². The summed E-state index contributed by atoms with van der Waals surface area (Å²) in [6, 6.07) is 12.8. The van der Waals surface area contributed by atoms with E-state index in [4.69, 9.17) is 11.6 Å². The molecule has 1 aliphatic rings. The largest absolute Gasteiger partial charge is 0.480 e. The van der Waals surface area contributed by atoms with E-state index in [1.807, 2.05) is 29.2 Å². The second-order valence-electron chi connectivity index (χ2n) is 6.10. The molecule has 0 bridgehead atoms. The number of rotatable bonds is 4. The lowest BCUT2D eigenvalue weighted by Gasteiger charge is -2.39. The van der Waals surface area contributed by atoms with Crippen LogP contribution < -0.4 is 0 Å². The van der Waals surface area contributed by atoms with E-state index >= 15 is 0 Å². The lowest BCUT2D eigenvalue weighted by Crippen LogP contribution is -2.46. The minimum atomic E-state index is -0.835. The van der Waals surface area contributed by atoms with Crippen LogP contribution in [0.2, 0.25) is 5.02 Å². The van der Waals surface area contributed by atoms with Gasteiger partial charge in [-0.25, -0.2) is 4.39 Å². The molecule has 0 radical (unpaired) electrons. The Labute approximate surface area is 145 Å². The number of carboxylic acid groups (broad SMARTS) is 1. The first-order valence-electron chi connectivity index (χ1n) is 8.06. The molecule has 2 aromatic carbocycles. The molecule has 0 spiro atoms. The number of benzene rings is 2. The number of aliphatic carboxylic acids is 1. The summed E-state index contributed by atoms with van der Waals surface area (Å²) < 4.78 is 13.8. The van der Waals surface area contributed by atoms with Crippen LogP contribution in [0.3, 0.4) is 0 Å². The van der Waals surface area contributed by atoms with E-state index in [-0.39, 0.29) is 11.9 Å². The first-order valence-corrected chi connectivity index (χ1v) is 8.43. The second-order valence-corrected chi connectivity index (χ2v) is 6.54. The Morgan fingerprint density at radius 2 is 1.88 bits per heavy atom. The molecule has 126 valence electrons. The average Bonchev–Trinajstić information content (AvgIpc) is 2.56. The highest BCUT2D eigenvalue weighted by Gasteiger charge is 2.35. The molecule has 0 aliphatic carbocycles. The minimum Gasteiger partial charge on any atom is -0.480 e. The molecule has 1 aliphatic heterocycles. The third-order valence-corrected chi connectivity index (χ3v) is 4.72. The molecule has 1 fully saturated rings. The fourth-order valence-electron chi connectivity index (χ4n) is 3.46. The standard InChI is InChI=1S/C19H19ClFNO2/c20-15-7-3-5-13(11-15)18(14-6-4-8-16(21)12-14)22-10-2-1-9-17(22)19(23)24/h3-8,11-12,17-18H,1-2,9-10H2,(H,23,24). The average molecular weight is 348 g/mol. The molecule has 5 heteroatoms. The van der Waals surface area contributed by atoms with Crippen molar-refractivity contribution in [1.29, 1.82) is 0 Å². The first kappa shape index (κ1) is 16.9. The van der Waals surface area contributed by atoms with Crippen LogP contribution >= 0.6 is 11.6 Å². The van der Waals surface area contributed by atoms with Crippen molar-refractivity contribution < 1.29 is 14.3 Å². The molecule has 3 nitrogen and oxygen atoms in total. The van der Waals surface area contributed by atoms with E-state index in [1.165, 1.54) is 12.1 Å². The summed E-state index contributed by atoms with van der Waals surface area (Å²) in [5, 5.41) is 10.2. The zero-order valence-electron chi connectivity index (χ0n) is 13.2. The van der Waals surface area contributed by atoms with Crippen LogP contribution in [0.25, 0.3) is 0 Å². The van der Waals surface area contributed by atoms with Crippen molar-refractivity contribution in [3.63, 3.8) is 0 Å². The number of carbonyl (C=O) groups is 1. The highest BCUT2D eigenvalue weighted by molar-refractivity contribution is 6.30. The molecule has 1 heterocycles. The summed E-state index contributed by atoms with van der Waals surface area (Å²) in [4.78, 5) is 13.7. The van der Waals surface area contributed by atoms with E-state index in [1.54, 1.807) is 12.1 Å². The van der Waals surface area contributed by atoms with Gasteiger partial charge in [0.15, 0.2) is 0 Å². The van der Waals surface area contributed by atoms with Crippen LogP contribution in [0.4, 0.5) is 4.39 Å². The van der Waals surface area contributed by atoms with Crippen molar-refractivity contribution in [2.75, 3.05) is 6.54 Å².